The number of aromatic nitrogens is 4. The summed E-state index contributed by atoms with van der Waals surface area (Å²) in [5, 5.41) is 12.8. The van der Waals surface area contributed by atoms with Gasteiger partial charge in [0.1, 0.15) is 22.8 Å². The molecule has 1 aliphatic heterocycles. The molecule has 1 unspecified atom stereocenters. The highest BCUT2D eigenvalue weighted by Crippen LogP contribution is 2.32. The minimum atomic E-state index is -0.553. The molecule has 0 aliphatic carbocycles. The SMILES string of the molecule is N#CCCN1CCC(C(NC(=O)c2ccccc2F)c2nc3c(cnc4[nH]ccc43)[nH]2)CC1. The number of benzene rings is 1. The third-order valence-corrected chi connectivity index (χ3v) is 6.40. The number of pyridine rings is 1. The number of amides is 1. The van der Waals surface area contributed by atoms with Crippen LogP contribution in [0.2, 0.25) is 0 Å². The Hall–Kier alpha value is -3.77. The van der Waals surface area contributed by atoms with Crippen LogP contribution in [-0.2, 0) is 0 Å². The van der Waals surface area contributed by atoms with Gasteiger partial charge < -0.3 is 20.2 Å². The van der Waals surface area contributed by atoms with Gasteiger partial charge in [0.2, 0.25) is 0 Å². The Morgan fingerprint density at radius 2 is 2.12 bits per heavy atom. The van der Waals surface area contributed by atoms with Gasteiger partial charge in [-0.3, -0.25) is 4.79 Å². The zero-order valence-electron chi connectivity index (χ0n) is 18.0. The fourth-order valence-electron chi connectivity index (χ4n) is 4.63. The van der Waals surface area contributed by atoms with E-state index in [0.717, 1.165) is 54.5 Å². The first-order valence-corrected chi connectivity index (χ1v) is 11.1. The number of likely N-dealkylation sites (tertiary alicyclic amines) is 1. The first-order chi connectivity index (χ1) is 16.1. The van der Waals surface area contributed by atoms with Crippen LogP contribution in [0.25, 0.3) is 22.1 Å². The van der Waals surface area contributed by atoms with Crippen molar-refractivity contribution in [2.45, 2.75) is 25.3 Å². The van der Waals surface area contributed by atoms with E-state index in [2.05, 4.69) is 31.2 Å². The van der Waals surface area contributed by atoms with Crippen molar-refractivity contribution in [3.05, 3.63) is 59.9 Å². The quantitative estimate of drug-likeness (QED) is 0.419. The molecule has 3 aromatic heterocycles. The molecule has 4 aromatic rings. The first-order valence-electron chi connectivity index (χ1n) is 11.1. The lowest BCUT2D eigenvalue weighted by molar-refractivity contribution is 0.0886. The molecule has 0 saturated carbocycles. The fourth-order valence-corrected chi connectivity index (χ4v) is 4.63. The average molecular weight is 446 g/mol. The van der Waals surface area contributed by atoms with Gasteiger partial charge in [0.15, 0.2) is 0 Å². The highest BCUT2D eigenvalue weighted by molar-refractivity contribution is 6.00. The van der Waals surface area contributed by atoms with E-state index in [0.29, 0.717) is 12.2 Å². The Morgan fingerprint density at radius 1 is 1.30 bits per heavy atom. The van der Waals surface area contributed by atoms with Crippen molar-refractivity contribution >= 4 is 28.0 Å². The van der Waals surface area contributed by atoms with Gasteiger partial charge in [-0.15, -0.1) is 0 Å². The Morgan fingerprint density at radius 3 is 2.91 bits per heavy atom. The van der Waals surface area contributed by atoms with E-state index in [-0.39, 0.29) is 11.5 Å². The maximum atomic E-state index is 14.3. The van der Waals surface area contributed by atoms with Crippen molar-refractivity contribution in [1.82, 2.24) is 30.2 Å². The number of nitrogens with one attached hydrogen (secondary N) is 3. The van der Waals surface area contributed by atoms with Crippen molar-refractivity contribution in [3.63, 3.8) is 0 Å². The topological polar surface area (TPSA) is 113 Å². The highest BCUT2D eigenvalue weighted by Gasteiger charge is 2.32. The van der Waals surface area contributed by atoms with E-state index >= 15 is 0 Å². The number of piperidine rings is 1. The standard InChI is InChI=1S/C24H24FN7O/c25-18-5-2-1-4-16(18)24(33)31-20(15-7-12-32(13-8-15)11-3-9-26)23-29-19-14-28-22-17(6-10-27-22)21(19)30-23/h1-2,4-6,10,14-15,20H,3,7-8,11-13H2,(H,27,28)(H,29,30)(H,31,33). The van der Waals surface area contributed by atoms with E-state index in [4.69, 9.17) is 10.2 Å². The number of carbonyl (C=O) groups is 1. The highest BCUT2D eigenvalue weighted by atomic mass is 19.1. The molecule has 1 atom stereocenters. The van der Waals surface area contributed by atoms with Crippen LogP contribution in [0.3, 0.4) is 0 Å². The summed E-state index contributed by atoms with van der Waals surface area (Å²) < 4.78 is 14.3. The number of hydrogen-bond donors (Lipinski definition) is 3. The number of rotatable bonds is 6. The Balaban J connectivity index is 1.46. The first kappa shape index (κ1) is 21.1. The van der Waals surface area contributed by atoms with Gasteiger partial charge in [-0.1, -0.05) is 12.1 Å². The van der Waals surface area contributed by atoms with E-state index in [9.17, 15) is 9.18 Å². The second kappa shape index (κ2) is 9.00. The normalized spacial score (nSPS) is 16.1. The van der Waals surface area contributed by atoms with Crippen molar-refractivity contribution in [3.8, 4) is 6.07 Å². The van der Waals surface area contributed by atoms with E-state index in [1.807, 2.05) is 12.3 Å². The summed E-state index contributed by atoms with van der Waals surface area (Å²) in [5.74, 6) is -0.256. The van der Waals surface area contributed by atoms with Gasteiger partial charge in [0.25, 0.3) is 5.91 Å². The number of fused-ring (bicyclic) bond motifs is 3. The van der Waals surface area contributed by atoms with Gasteiger partial charge in [-0.2, -0.15) is 5.26 Å². The number of imidazole rings is 1. The number of carbonyl (C=O) groups excluding carboxylic acids is 1. The van der Waals surface area contributed by atoms with Crippen LogP contribution in [0.1, 0.15) is 41.5 Å². The molecule has 0 spiro atoms. The van der Waals surface area contributed by atoms with Crippen LogP contribution in [0.4, 0.5) is 4.39 Å². The summed E-state index contributed by atoms with van der Waals surface area (Å²) in [7, 11) is 0. The largest absolute Gasteiger partial charge is 0.346 e. The predicted octanol–water partition coefficient (Wildman–Crippen LogP) is 3.68. The Labute approximate surface area is 189 Å². The molecule has 3 N–H and O–H groups in total. The maximum absolute atomic E-state index is 14.3. The summed E-state index contributed by atoms with van der Waals surface area (Å²) in [4.78, 5) is 31.0. The predicted molar refractivity (Wildman–Crippen MR) is 122 cm³/mol. The molecule has 0 radical (unpaired) electrons. The van der Waals surface area contributed by atoms with Crippen LogP contribution >= 0.6 is 0 Å². The van der Waals surface area contributed by atoms with Crippen molar-refractivity contribution in [2.24, 2.45) is 5.92 Å². The van der Waals surface area contributed by atoms with Crippen molar-refractivity contribution in [2.75, 3.05) is 19.6 Å². The lowest BCUT2D eigenvalue weighted by Gasteiger charge is -2.35. The summed E-state index contributed by atoms with van der Waals surface area (Å²) in [6.07, 6.45) is 5.72. The zero-order chi connectivity index (χ0) is 22.8. The molecule has 0 bridgehead atoms. The van der Waals surface area contributed by atoms with Gasteiger partial charge >= 0.3 is 0 Å². The number of aromatic amines is 2. The molecule has 4 heterocycles. The lowest BCUT2D eigenvalue weighted by Crippen LogP contribution is -2.41. The average Bonchev–Trinajstić information content (AvgIpc) is 3.48. The summed E-state index contributed by atoms with van der Waals surface area (Å²) in [5.41, 5.74) is 2.33. The number of hydrogen-bond acceptors (Lipinski definition) is 5. The third-order valence-electron chi connectivity index (χ3n) is 6.40. The Bertz CT molecular complexity index is 1330. The molecular formula is C24H24FN7O. The molecule has 8 nitrogen and oxygen atoms in total. The summed E-state index contributed by atoms with van der Waals surface area (Å²) in [6, 6.07) is 9.70. The zero-order valence-corrected chi connectivity index (χ0v) is 18.0. The van der Waals surface area contributed by atoms with Crippen molar-refractivity contribution in [1.29, 1.82) is 5.26 Å². The lowest BCUT2D eigenvalue weighted by atomic mass is 9.88. The molecule has 9 heteroatoms. The minimum Gasteiger partial charge on any atom is -0.346 e. The van der Waals surface area contributed by atoms with Crippen LogP contribution < -0.4 is 5.32 Å². The van der Waals surface area contributed by atoms with Crippen LogP contribution in [0, 0.1) is 23.1 Å². The number of H-pyrrole nitrogens is 2. The molecule has 1 saturated heterocycles. The van der Waals surface area contributed by atoms with Gasteiger partial charge in [-0.05, 0) is 50.0 Å². The van der Waals surface area contributed by atoms with Crippen molar-refractivity contribution < 1.29 is 9.18 Å². The Kier molecular flexibility index (Phi) is 5.75. The van der Waals surface area contributed by atoms with Gasteiger partial charge in [-0.25, -0.2) is 14.4 Å². The summed E-state index contributed by atoms with van der Waals surface area (Å²) in [6.45, 7) is 2.42. The molecule has 1 aromatic carbocycles. The van der Waals surface area contributed by atoms with Crippen LogP contribution in [-0.4, -0.2) is 50.4 Å². The van der Waals surface area contributed by atoms with E-state index < -0.39 is 17.8 Å². The number of nitriles is 1. The van der Waals surface area contributed by atoms with Crippen LogP contribution in [0.5, 0.6) is 0 Å². The number of halogens is 1. The monoisotopic (exact) mass is 445 g/mol. The minimum absolute atomic E-state index is 0.0137. The molecule has 1 fully saturated rings. The molecule has 33 heavy (non-hydrogen) atoms. The van der Waals surface area contributed by atoms with Gasteiger partial charge in [0.05, 0.1) is 29.4 Å². The third kappa shape index (κ3) is 4.17. The molecule has 1 amide bonds. The molecule has 5 rings (SSSR count). The second-order valence-corrected chi connectivity index (χ2v) is 8.40. The van der Waals surface area contributed by atoms with E-state index in [1.54, 1.807) is 18.3 Å². The second-order valence-electron chi connectivity index (χ2n) is 8.40. The molecule has 1 aliphatic rings. The van der Waals surface area contributed by atoms with E-state index in [1.165, 1.54) is 12.1 Å². The number of nitrogens with zero attached hydrogens (tertiary/aromatic N) is 4. The molecular weight excluding hydrogens is 421 g/mol. The fraction of sp³-hybridized carbons (Fsp3) is 0.333. The summed E-state index contributed by atoms with van der Waals surface area (Å²) >= 11 is 0. The molecule has 168 valence electrons. The maximum Gasteiger partial charge on any atom is 0.254 e. The van der Waals surface area contributed by atoms with Gasteiger partial charge in [0, 0.05) is 24.5 Å². The smallest absolute Gasteiger partial charge is 0.254 e. The van der Waals surface area contributed by atoms with Crippen LogP contribution in [0.15, 0.2) is 42.7 Å².